The van der Waals surface area contributed by atoms with Crippen LogP contribution in [0.3, 0.4) is 0 Å². The second-order valence-electron chi connectivity index (χ2n) is 31.6. The minimum absolute atomic E-state index is 0.0284. The fourth-order valence-corrected chi connectivity index (χ4v) is 16.5. The van der Waals surface area contributed by atoms with Crippen molar-refractivity contribution in [3.63, 3.8) is 0 Å². The number of hydrogen-bond acceptors (Lipinski definition) is 13. The number of piperidine rings is 1. The normalized spacial score (nSPS) is 19.8. The molecule has 2 heterocycles. The van der Waals surface area contributed by atoms with E-state index in [1.54, 1.807) is 29.2 Å². The number of Topliss-reactive ketones (excluding diaryl/α,β-unsaturated/α-hetero) is 1. The van der Waals surface area contributed by atoms with Crippen LogP contribution in [-0.4, -0.2) is 251 Å². The molecule has 0 radical (unpaired) electrons. The summed E-state index contributed by atoms with van der Waals surface area (Å²) in [4.78, 5) is 187. The van der Waals surface area contributed by atoms with Gasteiger partial charge in [0.05, 0.1) is 48.7 Å². The number of nitrogens with two attached hydrogens (primary N) is 1. The molecule has 108 heavy (non-hydrogen) atoms. The molecule has 0 spiro atoms. The van der Waals surface area contributed by atoms with Crippen molar-refractivity contribution in [1.29, 1.82) is 0 Å². The standard InChI is InChI=1S/C80H122ClF3N12O12/c1-14-16-17-21-32-57-46-63(72(102)87-79(39-26-27-40-79)78(108)94(13)71(58-33-24-19-25-34-58)77(107)93(12)65(75(105)95-41-28-20-29-42-95)47-67(99)91(10)62(54(6)97)43-52(3)4)96(48-57)73(103)61(38-36-56-35-37-59(60(81)44-56)80(82,83)84)86-66(98)49-89(8)74(104)64(45-55-30-22-18-23-31-55)92(11)69(101)51-88(7)68(100)50-90(9)76(106)70(85)53(5)15-2/h14,16-17,21,32,35,37,44,52-53,55,57-58,61-65,70-71H,1,15,18-20,22-31,33-34,36,38-43,45-51,85H2,2-13H3,(H,86,98)(H,87,102)/b17-16-,32-21+/t53-,57+,61-,62-,63-,64-,65-,70-,71-/m0/s1. The maximum Gasteiger partial charge on any atom is 0.417 e. The van der Waals surface area contributed by atoms with Gasteiger partial charge in [-0.05, 0) is 131 Å². The highest BCUT2D eigenvalue weighted by atomic mass is 35.5. The third-order valence-corrected chi connectivity index (χ3v) is 23.4. The van der Waals surface area contributed by atoms with Crippen LogP contribution in [0, 0.1) is 29.6 Å². The van der Waals surface area contributed by atoms with E-state index in [0.29, 0.717) is 51.6 Å². The Hall–Kier alpha value is -7.68. The summed E-state index contributed by atoms with van der Waals surface area (Å²) >= 11 is 6.23. The van der Waals surface area contributed by atoms with Crippen molar-refractivity contribution in [2.75, 3.05) is 88.6 Å². The Labute approximate surface area is 642 Å². The maximum atomic E-state index is 15.9. The van der Waals surface area contributed by atoms with Crippen molar-refractivity contribution in [3.8, 4) is 0 Å². The number of carbonyl (C=O) groups is 12. The summed E-state index contributed by atoms with van der Waals surface area (Å²) in [6, 6.07) is -4.79. The first kappa shape index (κ1) is 89.2. The van der Waals surface area contributed by atoms with E-state index in [0.717, 1.165) is 92.6 Å². The van der Waals surface area contributed by atoms with Crippen LogP contribution in [0.4, 0.5) is 13.2 Å². The predicted octanol–water partition coefficient (Wildman–Crippen LogP) is 8.37. The number of carbonyl (C=O) groups excluding carboxylic acids is 12. The van der Waals surface area contributed by atoms with E-state index in [4.69, 9.17) is 17.3 Å². The lowest BCUT2D eigenvalue weighted by molar-refractivity contribution is -0.157. The molecule has 0 unspecified atom stereocenters. The minimum atomic E-state index is -4.78. The Balaban J connectivity index is 1.32. The number of allylic oxidation sites excluding steroid dienone is 4. The van der Waals surface area contributed by atoms with Gasteiger partial charge in [-0.25, -0.2) is 0 Å². The fourth-order valence-electron chi connectivity index (χ4n) is 16.1. The Bertz CT molecular complexity index is 3380. The average molecular weight is 1540 g/mol. The second-order valence-corrected chi connectivity index (χ2v) is 32.0. The third kappa shape index (κ3) is 24.2. The zero-order valence-corrected chi connectivity index (χ0v) is 66.7. The van der Waals surface area contributed by atoms with Crippen LogP contribution in [0.5, 0.6) is 0 Å². The molecule has 4 N–H and O–H groups in total. The van der Waals surface area contributed by atoms with E-state index in [2.05, 4.69) is 17.2 Å². The van der Waals surface area contributed by atoms with Crippen molar-refractivity contribution in [2.24, 2.45) is 35.3 Å². The van der Waals surface area contributed by atoms with Crippen molar-refractivity contribution >= 4 is 82.4 Å². The number of hydrogen-bond donors (Lipinski definition) is 3. The summed E-state index contributed by atoms with van der Waals surface area (Å²) in [6.45, 7) is 12.1. The molecule has 1 aromatic carbocycles. The lowest BCUT2D eigenvalue weighted by Gasteiger charge is -2.43. The van der Waals surface area contributed by atoms with E-state index in [1.807, 2.05) is 33.8 Å². The number of amides is 11. The lowest BCUT2D eigenvalue weighted by Crippen LogP contribution is -2.65. The Morgan fingerprint density at radius 3 is 1.86 bits per heavy atom. The molecule has 3 aliphatic carbocycles. The molecule has 28 heteroatoms. The largest absolute Gasteiger partial charge is 0.417 e. The van der Waals surface area contributed by atoms with Gasteiger partial charge in [0, 0.05) is 69.0 Å². The molecule has 5 fully saturated rings. The van der Waals surface area contributed by atoms with Crippen molar-refractivity contribution in [3.05, 3.63) is 71.3 Å². The molecule has 2 aliphatic heterocycles. The number of rotatable bonds is 35. The van der Waals surface area contributed by atoms with Crippen molar-refractivity contribution in [1.82, 2.24) is 54.7 Å². The van der Waals surface area contributed by atoms with Crippen LogP contribution < -0.4 is 16.4 Å². The van der Waals surface area contributed by atoms with Gasteiger partial charge in [0.15, 0.2) is 5.78 Å². The first-order valence-electron chi connectivity index (χ1n) is 39.0. The number of likely N-dealkylation sites (tertiary alicyclic amines) is 2. The van der Waals surface area contributed by atoms with Crippen LogP contribution in [0.1, 0.15) is 193 Å². The molecule has 0 bridgehead atoms. The molecule has 24 nitrogen and oxygen atoms in total. The maximum absolute atomic E-state index is 15.9. The van der Waals surface area contributed by atoms with Gasteiger partial charge in [-0.1, -0.05) is 153 Å². The number of nitrogens with one attached hydrogen (secondary N) is 2. The first-order valence-corrected chi connectivity index (χ1v) is 39.4. The fraction of sp³-hybridized carbons (Fsp3) is 0.700. The smallest absolute Gasteiger partial charge is 0.343 e. The first-order chi connectivity index (χ1) is 51.0. The summed E-state index contributed by atoms with van der Waals surface area (Å²) in [5.41, 5.74) is 3.76. The Morgan fingerprint density at radius 2 is 1.28 bits per heavy atom. The number of nitrogens with zero attached hydrogens (tertiary/aromatic N) is 9. The SMILES string of the molecule is C=C/C=C\C=C\[C@@H]1C[C@@H](C(=O)NC2(C(=O)N(C)[C@H](C(=O)N(C)[C@@H](CC(=O)N(C)[C@@H](CC(C)C)C(C)=O)C(=O)N3CCCCC3)C3CCCCC3)CCCC2)N(C(=O)[C@H](CCc2ccc(C(F)(F)F)c(Cl)c2)NC(=O)CN(C)C(=O)[C@H](CC2CCCCC2)N(C)C(=O)CN(C)C(=O)CN(C)C(=O)[C@@H](N)[C@@H](C)CC)C1. The van der Waals surface area contributed by atoms with E-state index >= 15 is 19.2 Å². The molecule has 1 aromatic rings. The number of ketones is 1. The number of benzene rings is 1. The van der Waals surface area contributed by atoms with E-state index < -0.39 is 155 Å². The topological polar surface area (TPSA) is 284 Å². The van der Waals surface area contributed by atoms with Gasteiger partial charge in [0.25, 0.3) is 0 Å². The number of alkyl halides is 3. The molecular formula is C80H122ClF3N12O12. The second kappa shape index (κ2) is 41.4. The highest BCUT2D eigenvalue weighted by molar-refractivity contribution is 6.31. The molecule has 9 atom stereocenters. The number of halogens is 4. The molecular weight excluding hydrogens is 1410 g/mol. The lowest BCUT2D eigenvalue weighted by atomic mass is 9.81. The zero-order chi connectivity index (χ0) is 80.1. The summed E-state index contributed by atoms with van der Waals surface area (Å²) in [5.74, 6) is -7.65. The molecule has 11 amide bonds. The van der Waals surface area contributed by atoms with E-state index in [-0.39, 0.29) is 86.6 Å². The minimum Gasteiger partial charge on any atom is -0.343 e. The van der Waals surface area contributed by atoms with Crippen LogP contribution in [0.2, 0.25) is 5.02 Å². The van der Waals surface area contributed by atoms with Gasteiger partial charge in [-0.3, -0.25) is 57.5 Å². The quantitative estimate of drug-likeness (QED) is 0.0539. The van der Waals surface area contributed by atoms with Crippen LogP contribution in [-0.2, 0) is 70.1 Å². The van der Waals surface area contributed by atoms with Crippen molar-refractivity contribution in [2.45, 2.75) is 243 Å². The molecule has 3 saturated carbocycles. The Morgan fingerprint density at radius 1 is 0.685 bits per heavy atom. The van der Waals surface area contributed by atoms with Gasteiger partial charge in [0.2, 0.25) is 65.0 Å². The zero-order valence-electron chi connectivity index (χ0n) is 66.0. The monoisotopic (exact) mass is 1530 g/mol. The van der Waals surface area contributed by atoms with Gasteiger partial charge < -0.3 is 60.5 Å². The summed E-state index contributed by atoms with van der Waals surface area (Å²) in [6.07, 6.45) is 15.9. The van der Waals surface area contributed by atoms with Crippen LogP contribution >= 0.6 is 11.6 Å². The van der Waals surface area contributed by atoms with E-state index in [1.165, 1.54) is 91.7 Å². The van der Waals surface area contributed by atoms with Gasteiger partial charge in [-0.15, -0.1) is 0 Å². The third-order valence-electron chi connectivity index (χ3n) is 23.1. The summed E-state index contributed by atoms with van der Waals surface area (Å²) < 4.78 is 42.1. The summed E-state index contributed by atoms with van der Waals surface area (Å²) in [5, 5.41) is 5.33. The molecule has 2 saturated heterocycles. The Kier molecular flexibility index (Phi) is 34.2. The number of likely N-dealkylation sites (N-methyl/N-ethyl adjacent to an activating group) is 7. The molecule has 6 rings (SSSR count). The number of aryl methyl sites for hydroxylation is 1. The van der Waals surface area contributed by atoms with Gasteiger partial charge >= 0.3 is 6.18 Å². The van der Waals surface area contributed by atoms with E-state index in [9.17, 15) is 51.5 Å². The average Bonchev–Trinajstić information content (AvgIpc) is 1.31. The van der Waals surface area contributed by atoms with Gasteiger partial charge in [0.1, 0.15) is 35.7 Å². The van der Waals surface area contributed by atoms with Gasteiger partial charge in [-0.2, -0.15) is 13.2 Å². The van der Waals surface area contributed by atoms with Crippen LogP contribution in [0.15, 0.2) is 55.2 Å². The molecule has 5 aliphatic rings. The summed E-state index contributed by atoms with van der Waals surface area (Å²) in [7, 11) is 10.3. The molecule has 0 aromatic heterocycles. The molecule has 602 valence electrons. The highest BCUT2D eigenvalue weighted by Gasteiger charge is 2.52. The highest BCUT2D eigenvalue weighted by Crippen LogP contribution is 2.39. The van der Waals surface area contributed by atoms with Crippen LogP contribution in [0.25, 0.3) is 0 Å². The predicted molar refractivity (Wildman–Crippen MR) is 408 cm³/mol. The van der Waals surface area contributed by atoms with Crippen molar-refractivity contribution < 1.29 is 70.7 Å².